The van der Waals surface area contributed by atoms with Crippen LogP contribution < -0.4 is 0 Å². The molecule has 0 fully saturated rings. The molecule has 2 nitrogen and oxygen atoms in total. The minimum atomic E-state index is 0.181. The van der Waals surface area contributed by atoms with Gasteiger partial charge in [0.2, 0.25) is 0 Å². The smallest absolute Gasteiger partial charge is 0.0982 e. The van der Waals surface area contributed by atoms with E-state index in [2.05, 4.69) is 98.4 Å². The Morgan fingerprint density at radius 3 is 1.38 bits per heavy atom. The number of thiazole rings is 2. The summed E-state index contributed by atoms with van der Waals surface area (Å²) in [6.07, 6.45) is 2.02. The summed E-state index contributed by atoms with van der Waals surface area (Å²) in [5.74, 6) is 0. The maximum Gasteiger partial charge on any atom is 0.0982 e. The summed E-state index contributed by atoms with van der Waals surface area (Å²) in [5, 5.41) is 4.65. The molecule has 2 rings (SSSR count). The van der Waals surface area contributed by atoms with Crippen molar-refractivity contribution in [3.63, 3.8) is 0 Å². The zero-order chi connectivity index (χ0) is 20.6. The first-order chi connectivity index (χ1) is 11.4. The van der Waals surface area contributed by atoms with Crippen LogP contribution in [-0.4, -0.2) is 9.97 Å². The molecule has 0 aliphatic carbocycles. The van der Waals surface area contributed by atoms with Crippen molar-refractivity contribution in [2.75, 3.05) is 0 Å². The van der Waals surface area contributed by atoms with Crippen molar-refractivity contribution in [3.8, 4) is 0 Å². The molecule has 0 atom stereocenters. The first kappa shape index (κ1) is 23.3. The van der Waals surface area contributed by atoms with Crippen LogP contribution in [0.15, 0.2) is 11.6 Å². The van der Waals surface area contributed by atoms with E-state index in [-0.39, 0.29) is 21.7 Å². The lowest BCUT2D eigenvalue weighted by Gasteiger charge is -2.17. The van der Waals surface area contributed by atoms with Crippen LogP contribution in [0.5, 0.6) is 0 Å². The lowest BCUT2D eigenvalue weighted by atomic mass is 9.92. The molecular formula is C22H38N2S2. The highest BCUT2D eigenvalue weighted by atomic mass is 32.1. The Kier molecular flexibility index (Phi) is 6.91. The number of hydrogen-bond donors (Lipinski definition) is 0. The Bertz CT molecular complexity index is 577. The molecule has 26 heavy (non-hydrogen) atoms. The van der Waals surface area contributed by atoms with E-state index < -0.39 is 0 Å². The van der Waals surface area contributed by atoms with Crippen molar-refractivity contribution in [2.45, 2.75) is 105 Å². The fraction of sp³-hybridized carbons (Fsp3) is 0.727. The summed E-state index contributed by atoms with van der Waals surface area (Å²) >= 11 is 3.61. The molecule has 4 heteroatoms. The van der Waals surface area contributed by atoms with Gasteiger partial charge in [-0.3, -0.25) is 0 Å². The standard InChI is InChI=1S/2C11H19NS/c1-10(2,3)8-7-13-9(12-8)11(4,5)6;1-10(2,3)8-7-12-9(13-8)11(4,5)6/h2*7H,1-6H3. The minimum Gasteiger partial charge on any atom is -0.249 e. The van der Waals surface area contributed by atoms with Gasteiger partial charge in [0.15, 0.2) is 0 Å². The average Bonchev–Trinajstić information content (AvgIpc) is 3.06. The number of aromatic nitrogens is 2. The molecule has 0 amide bonds. The summed E-state index contributed by atoms with van der Waals surface area (Å²) in [5.41, 5.74) is 2.01. The lowest BCUT2D eigenvalue weighted by Crippen LogP contribution is -2.15. The number of hydrogen-bond acceptors (Lipinski definition) is 4. The topological polar surface area (TPSA) is 25.8 Å². The van der Waals surface area contributed by atoms with E-state index in [0.717, 1.165) is 0 Å². The van der Waals surface area contributed by atoms with Crippen molar-refractivity contribution in [3.05, 3.63) is 32.2 Å². The molecule has 0 aromatic carbocycles. The van der Waals surface area contributed by atoms with Crippen LogP contribution >= 0.6 is 22.7 Å². The van der Waals surface area contributed by atoms with E-state index in [1.165, 1.54) is 20.6 Å². The van der Waals surface area contributed by atoms with Gasteiger partial charge in [-0.2, -0.15) is 0 Å². The average molecular weight is 395 g/mol. The van der Waals surface area contributed by atoms with Crippen LogP contribution in [0.3, 0.4) is 0 Å². The third-order valence-corrected chi connectivity index (χ3v) is 6.92. The van der Waals surface area contributed by atoms with Gasteiger partial charge in [0.05, 0.1) is 15.7 Å². The Hall–Kier alpha value is -0.740. The zero-order valence-corrected chi connectivity index (χ0v) is 20.5. The fourth-order valence-corrected chi connectivity index (χ4v) is 4.10. The number of rotatable bonds is 0. The molecule has 0 saturated heterocycles. The highest BCUT2D eigenvalue weighted by molar-refractivity contribution is 7.12. The van der Waals surface area contributed by atoms with Gasteiger partial charge in [0, 0.05) is 32.7 Å². The van der Waals surface area contributed by atoms with Crippen molar-refractivity contribution in [1.29, 1.82) is 0 Å². The third kappa shape index (κ3) is 6.77. The van der Waals surface area contributed by atoms with E-state index >= 15 is 0 Å². The molecule has 2 heterocycles. The van der Waals surface area contributed by atoms with Gasteiger partial charge in [-0.1, -0.05) is 83.1 Å². The van der Waals surface area contributed by atoms with Crippen LogP contribution in [-0.2, 0) is 21.7 Å². The highest BCUT2D eigenvalue weighted by Crippen LogP contribution is 2.33. The van der Waals surface area contributed by atoms with Crippen molar-refractivity contribution < 1.29 is 0 Å². The molecule has 0 radical (unpaired) electrons. The van der Waals surface area contributed by atoms with E-state index in [0.29, 0.717) is 0 Å². The molecule has 148 valence electrons. The highest BCUT2D eigenvalue weighted by Gasteiger charge is 2.23. The van der Waals surface area contributed by atoms with Gasteiger partial charge < -0.3 is 0 Å². The summed E-state index contributed by atoms with van der Waals surface area (Å²) in [6.45, 7) is 26.5. The second-order valence-corrected chi connectivity index (χ2v) is 13.0. The fourth-order valence-electron chi connectivity index (χ4n) is 1.93. The molecule has 0 aliphatic heterocycles. The zero-order valence-electron chi connectivity index (χ0n) is 18.9. The molecule has 2 aromatic rings. The Morgan fingerprint density at radius 1 is 0.654 bits per heavy atom. The summed E-state index contributed by atoms with van der Waals surface area (Å²) in [7, 11) is 0. The molecule has 0 N–H and O–H groups in total. The molecular weight excluding hydrogens is 356 g/mol. The normalized spacial score (nSPS) is 13.4. The number of nitrogens with zero attached hydrogens (tertiary/aromatic N) is 2. The minimum absolute atomic E-state index is 0.181. The summed E-state index contributed by atoms with van der Waals surface area (Å²) in [4.78, 5) is 10.5. The lowest BCUT2D eigenvalue weighted by molar-refractivity contribution is 0.547. The maximum absolute atomic E-state index is 4.67. The van der Waals surface area contributed by atoms with E-state index in [1.807, 2.05) is 17.5 Å². The van der Waals surface area contributed by atoms with Crippen LogP contribution in [0, 0.1) is 0 Å². The molecule has 0 spiro atoms. The monoisotopic (exact) mass is 394 g/mol. The maximum atomic E-state index is 4.67. The van der Waals surface area contributed by atoms with Crippen molar-refractivity contribution >= 4 is 22.7 Å². The van der Waals surface area contributed by atoms with Gasteiger partial charge in [-0.05, 0) is 5.41 Å². The summed E-state index contributed by atoms with van der Waals surface area (Å²) < 4.78 is 0. The largest absolute Gasteiger partial charge is 0.249 e. The first-order valence-electron chi connectivity index (χ1n) is 9.35. The SMILES string of the molecule is CC(C)(C)c1cnc(C(C)(C)C)s1.CC(C)(C)c1csc(C(C)(C)C)n1. The van der Waals surface area contributed by atoms with Crippen molar-refractivity contribution in [2.24, 2.45) is 0 Å². The van der Waals surface area contributed by atoms with E-state index in [4.69, 9.17) is 0 Å². The van der Waals surface area contributed by atoms with Gasteiger partial charge >= 0.3 is 0 Å². The second kappa shape index (κ2) is 7.71. The van der Waals surface area contributed by atoms with Crippen LogP contribution in [0.1, 0.15) is 104 Å². The quantitative estimate of drug-likeness (QED) is 0.463. The molecule has 2 aromatic heterocycles. The van der Waals surface area contributed by atoms with Crippen LogP contribution in [0.2, 0.25) is 0 Å². The van der Waals surface area contributed by atoms with Gasteiger partial charge in [-0.15, -0.1) is 22.7 Å². The molecule has 0 unspecified atom stereocenters. The van der Waals surface area contributed by atoms with E-state index in [1.54, 1.807) is 11.3 Å². The predicted molar refractivity (Wildman–Crippen MR) is 119 cm³/mol. The van der Waals surface area contributed by atoms with E-state index in [9.17, 15) is 0 Å². The van der Waals surface area contributed by atoms with Gasteiger partial charge in [0.1, 0.15) is 0 Å². The second-order valence-electron chi connectivity index (χ2n) is 11.1. The molecule has 0 saturated carbocycles. The Labute approximate surface area is 169 Å². The van der Waals surface area contributed by atoms with Crippen LogP contribution in [0.25, 0.3) is 0 Å². The van der Waals surface area contributed by atoms with Crippen molar-refractivity contribution in [1.82, 2.24) is 9.97 Å². The first-order valence-corrected chi connectivity index (χ1v) is 11.1. The third-order valence-electron chi connectivity index (χ3n) is 3.80. The van der Waals surface area contributed by atoms with Gasteiger partial charge in [-0.25, -0.2) is 9.97 Å². The Morgan fingerprint density at radius 2 is 1.15 bits per heavy atom. The Balaban J connectivity index is 0.000000260. The summed E-state index contributed by atoms with van der Waals surface area (Å²) in [6, 6.07) is 0. The van der Waals surface area contributed by atoms with Crippen LogP contribution in [0.4, 0.5) is 0 Å². The molecule has 0 aliphatic rings. The molecule has 0 bridgehead atoms. The van der Waals surface area contributed by atoms with Gasteiger partial charge in [0.25, 0.3) is 0 Å². The predicted octanol–water partition coefficient (Wildman–Crippen LogP) is 7.48.